The highest BCUT2D eigenvalue weighted by Crippen LogP contribution is 1.83. The van der Waals surface area contributed by atoms with Crippen LogP contribution in [0.3, 0.4) is 0 Å². The molecule has 0 saturated heterocycles. The second-order valence-electron chi connectivity index (χ2n) is 1.52. The first kappa shape index (κ1) is 7.07. The minimum absolute atomic E-state index is 0.539. The molecule has 1 aromatic heterocycles. The van der Waals surface area contributed by atoms with Gasteiger partial charge in [-0.3, -0.25) is 0 Å². The lowest BCUT2D eigenvalue weighted by Gasteiger charge is -1.88. The van der Waals surface area contributed by atoms with E-state index in [9.17, 15) is 4.91 Å². The van der Waals surface area contributed by atoms with Gasteiger partial charge in [-0.15, -0.1) is 4.91 Å². The molecule has 0 aliphatic carbocycles. The van der Waals surface area contributed by atoms with Gasteiger partial charge in [-0.05, 0) is 6.92 Å². The van der Waals surface area contributed by atoms with Crippen LogP contribution in [-0.2, 0) is 6.54 Å². The molecule has 1 aromatic rings. The Morgan fingerprint density at radius 2 is 2.70 bits per heavy atom. The molecule has 0 aromatic carbocycles. The maximum atomic E-state index is 9.69. The lowest BCUT2D eigenvalue weighted by Crippen LogP contribution is -2.14. The molecule has 0 aliphatic heterocycles. The SMILES string of the molecule is CCn1ncs/c1=N/N=O. The van der Waals surface area contributed by atoms with Crippen molar-refractivity contribution in [1.82, 2.24) is 9.78 Å². The summed E-state index contributed by atoms with van der Waals surface area (Å²) in [5.74, 6) is 0. The first-order valence-corrected chi connectivity index (χ1v) is 3.63. The van der Waals surface area contributed by atoms with E-state index in [-0.39, 0.29) is 0 Å². The number of nitroso groups, excluding NO2 is 1. The number of hydrogen-bond donors (Lipinski definition) is 0. The molecule has 0 fully saturated rings. The molecule has 0 spiro atoms. The topological polar surface area (TPSA) is 59.6 Å². The lowest BCUT2D eigenvalue weighted by molar-refractivity contribution is 0.626. The van der Waals surface area contributed by atoms with Crippen LogP contribution in [0.2, 0.25) is 0 Å². The van der Waals surface area contributed by atoms with E-state index in [1.165, 1.54) is 11.3 Å². The number of nitrogens with zero attached hydrogens (tertiary/aromatic N) is 4. The van der Waals surface area contributed by atoms with Crippen LogP contribution in [0.15, 0.2) is 15.9 Å². The van der Waals surface area contributed by atoms with Crippen LogP contribution in [-0.4, -0.2) is 9.78 Å². The van der Waals surface area contributed by atoms with Crippen LogP contribution < -0.4 is 4.80 Å². The van der Waals surface area contributed by atoms with Gasteiger partial charge in [0, 0.05) is 6.54 Å². The largest absolute Gasteiger partial charge is 0.237 e. The average Bonchev–Trinajstić information content (AvgIpc) is 2.36. The summed E-state index contributed by atoms with van der Waals surface area (Å²) in [6.45, 7) is 2.63. The fourth-order valence-electron chi connectivity index (χ4n) is 0.565. The van der Waals surface area contributed by atoms with E-state index >= 15 is 0 Å². The Kier molecular flexibility index (Phi) is 2.27. The van der Waals surface area contributed by atoms with Gasteiger partial charge in [0.15, 0.2) is 0 Å². The normalized spacial score (nSPS) is 11.9. The van der Waals surface area contributed by atoms with E-state index in [2.05, 4.69) is 15.5 Å². The van der Waals surface area contributed by atoms with Crippen LogP contribution in [0.4, 0.5) is 0 Å². The zero-order valence-corrected chi connectivity index (χ0v) is 6.21. The van der Waals surface area contributed by atoms with Crippen molar-refractivity contribution in [3.8, 4) is 0 Å². The summed E-state index contributed by atoms with van der Waals surface area (Å²) in [6.07, 6.45) is 0. The van der Waals surface area contributed by atoms with Gasteiger partial charge in [-0.25, -0.2) is 4.68 Å². The molecule has 5 nitrogen and oxygen atoms in total. The molecule has 0 unspecified atom stereocenters. The predicted molar refractivity (Wildman–Crippen MR) is 37.1 cm³/mol. The molecule has 0 amide bonds. The molecule has 10 heavy (non-hydrogen) atoms. The average molecular weight is 158 g/mol. The minimum Gasteiger partial charge on any atom is -0.237 e. The summed E-state index contributed by atoms with van der Waals surface area (Å²) >= 11 is 1.29. The summed E-state index contributed by atoms with van der Waals surface area (Å²) in [5, 5.41) is 9.63. The van der Waals surface area contributed by atoms with Crippen molar-refractivity contribution < 1.29 is 0 Å². The van der Waals surface area contributed by atoms with Crippen molar-refractivity contribution in [2.75, 3.05) is 0 Å². The van der Waals surface area contributed by atoms with Crippen LogP contribution >= 0.6 is 11.3 Å². The van der Waals surface area contributed by atoms with Crippen molar-refractivity contribution in [3.63, 3.8) is 0 Å². The molecule has 0 bridgehead atoms. The van der Waals surface area contributed by atoms with Crippen LogP contribution in [0.1, 0.15) is 6.92 Å². The van der Waals surface area contributed by atoms with Gasteiger partial charge in [0.25, 0.3) is 0 Å². The molecule has 1 rings (SSSR count). The highest BCUT2D eigenvalue weighted by atomic mass is 32.1. The summed E-state index contributed by atoms with van der Waals surface area (Å²) in [6, 6.07) is 0. The van der Waals surface area contributed by atoms with Gasteiger partial charge in [-0.1, -0.05) is 16.4 Å². The second-order valence-corrected chi connectivity index (χ2v) is 2.33. The Labute approximate surface area is 61.0 Å². The van der Waals surface area contributed by atoms with Crippen molar-refractivity contribution in [2.45, 2.75) is 13.5 Å². The van der Waals surface area contributed by atoms with E-state index < -0.39 is 0 Å². The molecular weight excluding hydrogens is 152 g/mol. The maximum absolute atomic E-state index is 9.69. The van der Waals surface area contributed by atoms with Gasteiger partial charge < -0.3 is 0 Å². The molecule has 54 valence electrons. The Balaban J connectivity index is 3.13. The minimum atomic E-state index is 0.539. The molecule has 0 aliphatic rings. The third kappa shape index (κ3) is 1.27. The molecular formula is C4H6N4OS. The summed E-state index contributed by atoms with van der Waals surface area (Å²) < 4.78 is 1.60. The molecule has 0 N–H and O–H groups in total. The van der Waals surface area contributed by atoms with Crippen molar-refractivity contribution in [2.24, 2.45) is 10.4 Å². The monoisotopic (exact) mass is 158 g/mol. The van der Waals surface area contributed by atoms with E-state index in [0.717, 1.165) is 0 Å². The van der Waals surface area contributed by atoms with Gasteiger partial charge in [0.1, 0.15) is 5.51 Å². The molecule has 0 radical (unpaired) electrons. The van der Waals surface area contributed by atoms with E-state index in [1.807, 2.05) is 6.92 Å². The quantitative estimate of drug-likeness (QED) is 0.466. The zero-order chi connectivity index (χ0) is 7.40. The Morgan fingerprint density at radius 1 is 1.90 bits per heavy atom. The third-order valence-electron chi connectivity index (χ3n) is 0.991. The van der Waals surface area contributed by atoms with Crippen molar-refractivity contribution in [1.29, 1.82) is 0 Å². The van der Waals surface area contributed by atoms with Gasteiger partial charge in [0.2, 0.25) is 4.80 Å². The van der Waals surface area contributed by atoms with Crippen LogP contribution in [0, 0.1) is 4.91 Å². The van der Waals surface area contributed by atoms with Crippen molar-refractivity contribution >= 4 is 11.3 Å². The Bertz CT molecular complexity index is 275. The number of aromatic nitrogens is 2. The summed E-state index contributed by atoms with van der Waals surface area (Å²) in [4.78, 5) is 10.2. The van der Waals surface area contributed by atoms with E-state index in [4.69, 9.17) is 0 Å². The second kappa shape index (κ2) is 3.21. The summed E-state index contributed by atoms with van der Waals surface area (Å²) in [7, 11) is 0. The molecule has 0 atom stereocenters. The molecule has 0 saturated carbocycles. The first-order chi connectivity index (χ1) is 4.88. The predicted octanol–water partition coefficient (Wildman–Crippen LogP) is 0.547. The number of rotatable bonds is 2. The van der Waals surface area contributed by atoms with Crippen LogP contribution in [0.5, 0.6) is 0 Å². The standard InChI is InChI=1S/C4H6N4OS/c1-2-8-4(6-7-9)10-3-5-8/h3H,2H2,1H3/b6-4+. The maximum Gasteiger partial charge on any atom is 0.231 e. The molecule has 6 heteroatoms. The molecule has 1 heterocycles. The Morgan fingerprint density at radius 3 is 3.30 bits per heavy atom. The van der Waals surface area contributed by atoms with E-state index in [1.54, 1.807) is 10.2 Å². The highest BCUT2D eigenvalue weighted by molar-refractivity contribution is 7.06. The van der Waals surface area contributed by atoms with Gasteiger partial charge >= 0.3 is 0 Å². The smallest absolute Gasteiger partial charge is 0.231 e. The third-order valence-corrected chi connectivity index (χ3v) is 1.69. The first-order valence-electron chi connectivity index (χ1n) is 2.75. The summed E-state index contributed by atoms with van der Waals surface area (Å²) in [5.41, 5.74) is 1.62. The van der Waals surface area contributed by atoms with Crippen LogP contribution in [0.25, 0.3) is 0 Å². The lowest BCUT2D eigenvalue weighted by atomic mass is 10.8. The fraction of sp³-hybridized carbons (Fsp3) is 0.500. The number of aryl methyl sites for hydroxylation is 1. The highest BCUT2D eigenvalue weighted by Gasteiger charge is 1.90. The van der Waals surface area contributed by atoms with Gasteiger partial charge in [-0.2, -0.15) is 5.10 Å². The van der Waals surface area contributed by atoms with Crippen molar-refractivity contribution in [3.05, 3.63) is 15.2 Å². The van der Waals surface area contributed by atoms with E-state index in [0.29, 0.717) is 11.3 Å². The number of hydrogen-bond acceptors (Lipinski definition) is 4. The van der Waals surface area contributed by atoms with Gasteiger partial charge in [0.05, 0.1) is 5.29 Å². The Hall–Kier alpha value is -1.04. The zero-order valence-electron chi connectivity index (χ0n) is 5.39. The fourth-order valence-corrected chi connectivity index (χ4v) is 1.20.